The fourth-order valence-electron chi connectivity index (χ4n) is 0.541. The van der Waals surface area contributed by atoms with E-state index < -0.39 is 0 Å². The molecule has 68 valence electrons. The maximum atomic E-state index is 5.61. The van der Waals surface area contributed by atoms with Crippen LogP contribution in [0.15, 0.2) is 8.68 Å². The second-order valence-electron chi connectivity index (χ2n) is 2.33. The Kier molecular flexibility index (Phi) is 4.34. The summed E-state index contributed by atoms with van der Waals surface area (Å²) in [7, 11) is 0. The van der Waals surface area contributed by atoms with Crippen LogP contribution in [0.3, 0.4) is 0 Å². The average molecular weight is 221 g/mol. The Morgan fingerprint density at radius 2 is 2.17 bits per heavy atom. The minimum atomic E-state index is 0.219. The van der Waals surface area contributed by atoms with Crippen LogP contribution in [0.5, 0.6) is 0 Å². The summed E-state index contributed by atoms with van der Waals surface area (Å²) in [6, 6.07) is 0.219. The highest BCUT2D eigenvalue weighted by molar-refractivity contribution is 8.02. The normalized spacial score (nSPS) is 13.2. The highest BCUT2D eigenvalue weighted by Crippen LogP contribution is 2.27. The van der Waals surface area contributed by atoms with Crippen LogP contribution in [0, 0.1) is 0 Å². The smallest absolute Gasteiger partial charge is 0.175 e. The first kappa shape index (κ1) is 10.3. The molecule has 0 spiro atoms. The molecule has 0 radical (unpaired) electrons. The van der Waals surface area contributed by atoms with Crippen LogP contribution in [0.1, 0.15) is 6.92 Å². The third-order valence-electron chi connectivity index (χ3n) is 1.03. The zero-order valence-electron chi connectivity index (χ0n) is 6.98. The predicted octanol–water partition coefficient (Wildman–Crippen LogP) is 1.70. The van der Waals surface area contributed by atoms with Crippen molar-refractivity contribution in [1.29, 1.82) is 0 Å². The molecule has 1 atom stereocenters. The molecule has 1 heterocycles. The quantitative estimate of drug-likeness (QED) is 0.784. The lowest BCUT2D eigenvalue weighted by atomic mass is 10.4. The van der Waals surface area contributed by atoms with E-state index in [9.17, 15) is 0 Å². The van der Waals surface area contributed by atoms with Crippen molar-refractivity contribution in [2.24, 2.45) is 5.73 Å². The topological polar surface area (TPSA) is 51.8 Å². The summed E-state index contributed by atoms with van der Waals surface area (Å²) in [6.07, 6.45) is 2.00. The molecule has 1 aromatic heterocycles. The van der Waals surface area contributed by atoms with Gasteiger partial charge in [0.25, 0.3) is 0 Å². The molecule has 2 N–H and O–H groups in total. The molecule has 0 bridgehead atoms. The number of thioether (sulfide) groups is 2. The molecular weight excluding hydrogens is 210 g/mol. The Morgan fingerprint density at radius 1 is 1.50 bits per heavy atom. The van der Waals surface area contributed by atoms with Crippen LogP contribution in [-0.2, 0) is 0 Å². The molecule has 0 saturated heterocycles. The van der Waals surface area contributed by atoms with Crippen LogP contribution < -0.4 is 5.73 Å². The standard InChI is InChI=1S/C6H11N3S3/c1-4(7)3-11-6-9-8-5(10-2)12-6/h4H,3,7H2,1-2H3/t4-/m1/s1. The van der Waals surface area contributed by atoms with Gasteiger partial charge in [0.2, 0.25) is 0 Å². The van der Waals surface area contributed by atoms with Crippen molar-refractivity contribution >= 4 is 34.9 Å². The summed E-state index contributed by atoms with van der Waals surface area (Å²) in [5.74, 6) is 0.906. The highest BCUT2D eigenvalue weighted by atomic mass is 32.2. The minimum absolute atomic E-state index is 0.219. The Labute approximate surface area is 84.5 Å². The number of rotatable bonds is 4. The van der Waals surface area contributed by atoms with Crippen molar-refractivity contribution in [2.75, 3.05) is 12.0 Å². The van der Waals surface area contributed by atoms with Crippen LogP contribution >= 0.6 is 34.9 Å². The SMILES string of the molecule is CSc1nnc(SC[C@@H](C)N)s1. The van der Waals surface area contributed by atoms with Gasteiger partial charge in [0, 0.05) is 11.8 Å². The maximum absolute atomic E-state index is 5.61. The second kappa shape index (κ2) is 5.06. The first-order valence-electron chi connectivity index (χ1n) is 3.48. The van der Waals surface area contributed by atoms with Crippen molar-refractivity contribution in [3.05, 3.63) is 0 Å². The first-order valence-corrected chi connectivity index (χ1v) is 6.51. The number of hydrogen-bond acceptors (Lipinski definition) is 6. The molecule has 1 aromatic rings. The van der Waals surface area contributed by atoms with Crippen LogP contribution in [-0.4, -0.2) is 28.2 Å². The lowest BCUT2D eigenvalue weighted by molar-refractivity contribution is 0.845. The number of hydrogen-bond donors (Lipinski definition) is 1. The summed E-state index contributed by atoms with van der Waals surface area (Å²) >= 11 is 4.92. The van der Waals surface area contributed by atoms with Crippen LogP contribution in [0.2, 0.25) is 0 Å². The fourth-order valence-corrected chi connectivity index (χ4v) is 2.88. The molecule has 0 saturated carbocycles. The van der Waals surface area contributed by atoms with Gasteiger partial charge in [-0.1, -0.05) is 34.9 Å². The van der Waals surface area contributed by atoms with Crippen molar-refractivity contribution in [2.45, 2.75) is 21.6 Å². The Morgan fingerprint density at radius 3 is 2.67 bits per heavy atom. The number of nitrogens with two attached hydrogens (primary N) is 1. The minimum Gasteiger partial charge on any atom is -0.327 e. The van der Waals surface area contributed by atoms with Gasteiger partial charge < -0.3 is 5.73 Å². The van der Waals surface area contributed by atoms with Gasteiger partial charge >= 0.3 is 0 Å². The van der Waals surface area contributed by atoms with Gasteiger partial charge in [0.05, 0.1) is 0 Å². The summed E-state index contributed by atoms with van der Waals surface area (Å²) in [5, 5.41) is 8.00. The summed E-state index contributed by atoms with van der Waals surface area (Å²) in [6.45, 7) is 1.99. The summed E-state index contributed by atoms with van der Waals surface area (Å²) in [5.41, 5.74) is 5.61. The van der Waals surface area contributed by atoms with Gasteiger partial charge in [-0.2, -0.15) is 0 Å². The number of aromatic nitrogens is 2. The molecule has 12 heavy (non-hydrogen) atoms. The predicted molar refractivity (Wildman–Crippen MR) is 56.1 cm³/mol. The van der Waals surface area contributed by atoms with Crippen molar-refractivity contribution in [1.82, 2.24) is 10.2 Å². The second-order valence-corrected chi connectivity index (χ2v) is 5.62. The molecule has 0 fully saturated rings. The lowest BCUT2D eigenvalue weighted by Gasteiger charge is -1.99. The highest BCUT2D eigenvalue weighted by Gasteiger charge is 2.04. The zero-order valence-corrected chi connectivity index (χ0v) is 9.43. The molecule has 0 aliphatic carbocycles. The van der Waals surface area contributed by atoms with Crippen LogP contribution in [0.4, 0.5) is 0 Å². The van der Waals surface area contributed by atoms with E-state index in [0.717, 1.165) is 14.4 Å². The Hall–Kier alpha value is 0.220. The molecule has 0 aliphatic heterocycles. The fraction of sp³-hybridized carbons (Fsp3) is 0.667. The monoisotopic (exact) mass is 221 g/mol. The molecule has 0 aromatic carbocycles. The molecular formula is C6H11N3S3. The van der Waals surface area contributed by atoms with E-state index in [1.54, 1.807) is 34.9 Å². The van der Waals surface area contributed by atoms with Gasteiger partial charge in [-0.05, 0) is 13.2 Å². The van der Waals surface area contributed by atoms with Gasteiger partial charge in [-0.25, -0.2) is 0 Å². The zero-order chi connectivity index (χ0) is 8.97. The maximum Gasteiger partial charge on any atom is 0.175 e. The third-order valence-corrected chi connectivity index (χ3v) is 4.35. The van der Waals surface area contributed by atoms with E-state index in [4.69, 9.17) is 5.73 Å². The van der Waals surface area contributed by atoms with E-state index in [1.165, 1.54) is 0 Å². The van der Waals surface area contributed by atoms with E-state index >= 15 is 0 Å². The third kappa shape index (κ3) is 3.30. The van der Waals surface area contributed by atoms with Crippen LogP contribution in [0.25, 0.3) is 0 Å². The average Bonchev–Trinajstić information content (AvgIpc) is 2.48. The first-order chi connectivity index (χ1) is 5.72. The number of nitrogens with zero attached hydrogens (tertiary/aromatic N) is 2. The van der Waals surface area contributed by atoms with Gasteiger partial charge in [0.15, 0.2) is 8.68 Å². The Balaban J connectivity index is 2.41. The molecule has 0 unspecified atom stereocenters. The summed E-state index contributed by atoms with van der Waals surface area (Å²) < 4.78 is 2.03. The lowest BCUT2D eigenvalue weighted by Crippen LogP contribution is -2.17. The molecule has 0 amide bonds. The van der Waals surface area contributed by atoms with E-state index in [0.29, 0.717) is 0 Å². The Bertz CT molecular complexity index is 236. The van der Waals surface area contributed by atoms with Gasteiger partial charge in [-0.15, -0.1) is 10.2 Å². The molecule has 1 rings (SSSR count). The van der Waals surface area contributed by atoms with Crippen molar-refractivity contribution in [3.8, 4) is 0 Å². The molecule has 3 nitrogen and oxygen atoms in total. The van der Waals surface area contributed by atoms with Crippen molar-refractivity contribution in [3.63, 3.8) is 0 Å². The van der Waals surface area contributed by atoms with Gasteiger partial charge in [0.1, 0.15) is 0 Å². The van der Waals surface area contributed by atoms with E-state index in [1.807, 2.05) is 13.2 Å². The molecule has 0 aliphatic rings. The summed E-state index contributed by atoms with van der Waals surface area (Å²) in [4.78, 5) is 0. The van der Waals surface area contributed by atoms with Gasteiger partial charge in [-0.3, -0.25) is 0 Å². The molecule has 6 heteroatoms. The van der Waals surface area contributed by atoms with Crippen molar-refractivity contribution < 1.29 is 0 Å². The van der Waals surface area contributed by atoms with E-state index in [2.05, 4.69) is 10.2 Å². The van der Waals surface area contributed by atoms with E-state index in [-0.39, 0.29) is 6.04 Å². The largest absolute Gasteiger partial charge is 0.327 e.